The van der Waals surface area contributed by atoms with Gasteiger partial charge in [-0.1, -0.05) is 37.1 Å². The van der Waals surface area contributed by atoms with Gasteiger partial charge in [0.25, 0.3) is 0 Å². The number of halogens is 1. The molecule has 1 aliphatic rings. The predicted octanol–water partition coefficient (Wildman–Crippen LogP) is 3.89. The average Bonchev–Trinajstić information content (AvgIpc) is 2.46. The second kappa shape index (κ2) is 7.28. The first kappa shape index (κ1) is 14.8. The predicted molar refractivity (Wildman–Crippen MR) is 80.5 cm³/mol. The van der Waals surface area contributed by atoms with Crippen LogP contribution in [0.4, 0.5) is 0 Å². The Labute approximate surface area is 121 Å². The van der Waals surface area contributed by atoms with Gasteiger partial charge in [0, 0.05) is 11.6 Å². The summed E-state index contributed by atoms with van der Waals surface area (Å²) in [4.78, 5) is 2.48. The SMILES string of the molecule is CCC1CCN(CCC(O)c2ccc(Cl)cc2)CC1. The summed E-state index contributed by atoms with van der Waals surface area (Å²) >= 11 is 5.85. The number of benzene rings is 1. The Morgan fingerprint density at radius 2 is 1.89 bits per heavy atom. The summed E-state index contributed by atoms with van der Waals surface area (Å²) in [5.41, 5.74) is 0.966. The third kappa shape index (κ3) is 4.48. The molecule has 1 heterocycles. The molecule has 0 aliphatic carbocycles. The number of piperidine rings is 1. The van der Waals surface area contributed by atoms with Crippen molar-refractivity contribution >= 4 is 11.6 Å². The molecule has 1 atom stereocenters. The van der Waals surface area contributed by atoms with E-state index in [9.17, 15) is 5.11 Å². The van der Waals surface area contributed by atoms with Crippen LogP contribution in [0.15, 0.2) is 24.3 Å². The molecule has 1 saturated heterocycles. The van der Waals surface area contributed by atoms with Gasteiger partial charge in [0.15, 0.2) is 0 Å². The molecule has 1 aliphatic heterocycles. The summed E-state index contributed by atoms with van der Waals surface area (Å²) in [7, 11) is 0. The van der Waals surface area contributed by atoms with Crippen LogP contribution in [0.1, 0.15) is 44.3 Å². The van der Waals surface area contributed by atoms with Gasteiger partial charge in [-0.2, -0.15) is 0 Å². The van der Waals surface area contributed by atoms with E-state index < -0.39 is 0 Å². The van der Waals surface area contributed by atoms with Crippen molar-refractivity contribution in [1.29, 1.82) is 0 Å². The van der Waals surface area contributed by atoms with Gasteiger partial charge in [0.1, 0.15) is 0 Å². The molecule has 1 aromatic rings. The topological polar surface area (TPSA) is 23.5 Å². The lowest BCUT2D eigenvalue weighted by molar-refractivity contribution is 0.122. The number of likely N-dealkylation sites (tertiary alicyclic amines) is 1. The lowest BCUT2D eigenvalue weighted by Gasteiger charge is -2.31. The molecule has 1 fully saturated rings. The maximum atomic E-state index is 10.2. The first-order valence-corrected chi connectivity index (χ1v) is 7.72. The van der Waals surface area contributed by atoms with Crippen molar-refractivity contribution in [1.82, 2.24) is 4.90 Å². The van der Waals surface area contributed by atoms with Crippen LogP contribution in [0.2, 0.25) is 5.02 Å². The second-order valence-electron chi connectivity index (χ2n) is 5.55. The highest BCUT2D eigenvalue weighted by Gasteiger charge is 2.18. The van der Waals surface area contributed by atoms with Crippen molar-refractivity contribution in [2.45, 2.75) is 38.7 Å². The minimum Gasteiger partial charge on any atom is -0.388 e. The van der Waals surface area contributed by atoms with Crippen LogP contribution in [-0.2, 0) is 0 Å². The highest BCUT2D eigenvalue weighted by molar-refractivity contribution is 6.30. The molecule has 2 nitrogen and oxygen atoms in total. The Morgan fingerprint density at radius 1 is 1.26 bits per heavy atom. The van der Waals surface area contributed by atoms with Crippen molar-refractivity contribution < 1.29 is 5.11 Å². The van der Waals surface area contributed by atoms with Gasteiger partial charge in [-0.25, -0.2) is 0 Å². The van der Waals surface area contributed by atoms with Gasteiger partial charge in [-0.15, -0.1) is 0 Å². The minimum atomic E-state index is -0.374. The monoisotopic (exact) mass is 281 g/mol. The molecule has 0 bridgehead atoms. The highest BCUT2D eigenvalue weighted by atomic mass is 35.5. The van der Waals surface area contributed by atoms with Crippen LogP contribution < -0.4 is 0 Å². The molecular weight excluding hydrogens is 258 g/mol. The summed E-state index contributed by atoms with van der Waals surface area (Å²) in [6.07, 6.45) is 4.36. The van der Waals surface area contributed by atoms with Crippen LogP contribution in [0.5, 0.6) is 0 Å². The van der Waals surface area contributed by atoms with Gasteiger partial charge in [0.2, 0.25) is 0 Å². The van der Waals surface area contributed by atoms with Crippen LogP contribution in [-0.4, -0.2) is 29.6 Å². The lowest BCUT2D eigenvalue weighted by Crippen LogP contribution is -2.34. The fraction of sp³-hybridized carbons (Fsp3) is 0.625. The molecule has 2 rings (SSSR count). The van der Waals surface area contributed by atoms with Crippen LogP contribution >= 0.6 is 11.6 Å². The Bertz CT molecular complexity index is 371. The van der Waals surface area contributed by atoms with E-state index in [-0.39, 0.29) is 6.10 Å². The summed E-state index contributed by atoms with van der Waals surface area (Å²) < 4.78 is 0. The van der Waals surface area contributed by atoms with Crippen LogP contribution in [0, 0.1) is 5.92 Å². The third-order valence-corrected chi connectivity index (χ3v) is 4.51. The molecule has 0 radical (unpaired) electrons. The van der Waals surface area contributed by atoms with Crippen molar-refractivity contribution in [3.8, 4) is 0 Å². The maximum Gasteiger partial charge on any atom is 0.0802 e. The third-order valence-electron chi connectivity index (χ3n) is 4.26. The van der Waals surface area contributed by atoms with Crippen molar-refractivity contribution in [2.75, 3.05) is 19.6 Å². The molecule has 1 unspecified atom stereocenters. The standard InChI is InChI=1S/C16H24ClNO/c1-2-13-7-10-18(11-8-13)12-9-16(19)14-3-5-15(17)6-4-14/h3-6,13,16,19H,2,7-12H2,1H3. The summed E-state index contributed by atoms with van der Waals surface area (Å²) in [6, 6.07) is 7.51. The van der Waals surface area contributed by atoms with E-state index in [4.69, 9.17) is 11.6 Å². The van der Waals surface area contributed by atoms with E-state index in [1.165, 1.54) is 32.4 Å². The van der Waals surface area contributed by atoms with E-state index in [2.05, 4.69) is 11.8 Å². The van der Waals surface area contributed by atoms with Crippen LogP contribution in [0.25, 0.3) is 0 Å². The zero-order chi connectivity index (χ0) is 13.7. The van der Waals surface area contributed by atoms with Gasteiger partial charge >= 0.3 is 0 Å². The van der Waals surface area contributed by atoms with Crippen molar-refractivity contribution in [2.24, 2.45) is 5.92 Å². The summed E-state index contributed by atoms with van der Waals surface area (Å²) in [6.45, 7) is 5.64. The summed E-state index contributed by atoms with van der Waals surface area (Å²) in [5.74, 6) is 0.914. The number of aliphatic hydroxyl groups is 1. The quantitative estimate of drug-likeness (QED) is 0.885. The van der Waals surface area contributed by atoms with E-state index >= 15 is 0 Å². The lowest BCUT2D eigenvalue weighted by atomic mass is 9.94. The molecule has 19 heavy (non-hydrogen) atoms. The minimum absolute atomic E-state index is 0.374. The molecule has 1 aromatic carbocycles. The molecule has 0 spiro atoms. The van der Waals surface area contributed by atoms with Gasteiger partial charge < -0.3 is 10.0 Å². The van der Waals surface area contributed by atoms with E-state index in [0.29, 0.717) is 0 Å². The number of nitrogens with zero attached hydrogens (tertiary/aromatic N) is 1. The molecule has 0 saturated carbocycles. The fourth-order valence-electron chi connectivity index (χ4n) is 2.77. The number of hydrogen-bond donors (Lipinski definition) is 1. The first-order valence-electron chi connectivity index (χ1n) is 7.35. The number of rotatable bonds is 5. The zero-order valence-electron chi connectivity index (χ0n) is 11.7. The summed E-state index contributed by atoms with van der Waals surface area (Å²) in [5, 5.41) is 10.9. The van der Waals surface area contributed by atoms with Gasteiger partial charge in [0.05, 0.1) is 6.10 Å². The smallest absolute Gasteiger partial charge is 0.0802 e. The molecule has 0 amide bonds. The number of hydrogen-bond acceptors (Lipinski definition) is 2. The molecule has 1 N–H and O–H groups in total. The Hall–Kier alpha value is -0.570. The van der Waals surface area contributed by atoms with Crippen molar-refractivity contribution in [3.05, 3.63) is 34.9 Å². The van der Waals surface area contributed by atoms with E-state index in [1.54, 1.807) is 0 Å². The zero-order valence-corrected chi connectivity index (χ0v) is 12.4. The highest BCUT2D eigenvalue weighted by Crippen LogP contribution is 2.23. The van der Waals surface area contributed by atoms with Gasteiger partial charge in [-0.3, -0.25) is 0 Å². The molecule has 0 aromatic heterocycles. The Morgan fingerprint density at radius 3 is 2.47 bits per heavy atom. The maximum absolute atomic E-state index is 10.2. The van der Waals surface area contributed by atoms with E-state index in [1.807, 2.05) is 24.3 Å². The first-order chi connectivity index (χ1) is 9.19. The number of aliphatic hydroxyl groups excluding tert-OH is 1. The normalized spacial score (nSPS) is 19.5. The fourth-order valence-corrected chi connectivity index (χ4v) is 2.90. The molecule has 106 valence electrons. The largest absolute Gasteiger partial charge is 0.388 e. The average molecular weight is 282 g/mol. The van der Waals surface area contributed by atoms with Crippen molar-refractivity contribution in [3.63, 3.8) is 0 Å². The molecular formula is C16H24ClNO. The van der Waals surface area contributed by atoms with Gasteiger partial charge in [-0.05, 0) is 56.0 Å². The Balaban J connectivity index is 1.75. The molecule has 3 heteroatoms. The van der Waals surface area contributed by atoms with Crippen LogP contribution in [0.3, 0.4) is 0 Å². The Kier molecular flexibility index (Phi) is 5.68. The second-order valence-corrected chi connectivity index (χ2v) is 5.99. The van der Waals surface area contributed by atoms with E-state index in [0.717, 1.165) is 29.5 Å².